The van der Waals surface area contributed by atoms with Gasteiger partial charge in [-0.15, -0.1) is 0 Å². The van der Waals surface area contributed by atoms with Crippen molar-refractivity contribution in [1.29, 1.82) is 0 Å². The largest absolute Gasteiger partial charge is 0.402 e. The molecule has 3 fully saturated rings. The third-order valence-corrected chi connectivity index (χ3v) is 9.44. The van der Waals surface area contributed by atoms with E-state index in [-0.39, 0.29) is 24.9 Å². The molecule has 41 heavy (non-hydrogen) atoms. The smallest absolute Gasteiger partial charge is 0.354 e. The van der Waals surface area contributed by atoms with Crippen LogP contribution in [-0.4, -0.2) is 36.9 Å². The standard InChI is InChI=1S/C36H64O5/c1-31(2)35(37)41-36(39-33-26-20-14-8-4-9-15-21-27-33,40-34-28-22-16-10-5-11-17-23-29-34)30-38-32-24-18-12-6-3-7-13-19-25-32/h32-34H,1,3-30H2,2H3. The first-order valence-electron chi connectivity index (χ1n) is 17.9. The van der Waals surface area contributed by atoms with Gasteiger partial charge in [0, 0.05) is 5.57 Å². The summed E-state index contributed by atoms with van der Waals surface area (Å²) >= 11 is 0. The fraction of sp³-hybridized carbons (Fsp3) is 0.917. The average molecular weight is 577 g/mol. The van der Waals surface area contributed by atoms with E-state index in [1.807, 2.05) is 0 Å². The van der Waals surface area contributed by atoms with Gasteiger partial charge >= 0.3 is 11.9 Å². The molecule has 3 rings (SSSR count). The van der Waals surface area contributed by atoms with Crippen LogP contribution in [0.2, 0.25) is 0 Å². The molecule has 0 bridgehead atoms. The molecule has 5 nitrogen and oxygen atoms in total. The van der Waals surface area contributed by atoms with Gasteiger partial charge in [0.25, 0.3) is 0 Å². The lowest BCUT2D eigenvalue weighted by Gasteiger charge is -2.39. The highest BCUT2D eigenvalue weighted by atomic mass is 16.9. The average Bonchev–Trinajstić information content (AvgIpc) is 2.97. The Bertz CT molecular complexity index is 648. The van der Waals surface area contributed by atoms with E-state index in [4.69, 9.17) is 18.9 Å². The Morgan fingerprint density at radius 2 is 0.829 bits per heavy atom. The fourth-order valence-electron chi connectivity index (χ4n) is 6.85. The SMILES string of the molecule is C=C(C)C(=O)OC(COC1CCCCCCCCC1)(OC1CCCCCCCCC1)OC1CCCCCCCCC1. The third kappa shape index (κ3) is 14.9. The second kappa shape index (κ2) is 20.9. The van der Waals surface area contributed by atoms with Crippen LogP contribution >= 0.6 is 0 Å². The Hall–Kier alpha value is -0.910. The lowest BCUT2D eigenvalue weighted by Crippen LogP contribution is -2.51. The van der Waals surface area contributed by atoms with Crippen molar-refractivity contribution < 1.29 is 23.7 Å². The summed E-state index contributed by atoms with van der Waals surface area (Å²) in [4.78, 5) is 13.2. The molecule has 0 aromatic carbocycles. The minimum Gasteiger partial charge on any atom is -0.402 e. The quantitative estimate of drug-likeness (QED) is 0.155. The van der Waals surface area contributed by atoms with Crippen molar-refractivity contribution in [2.24, 2.45) is 0 Å². The van der Waals surface area contributed by atoms with Crippen LogP contribution in [-0.2, 0) is 23.7 Å². The van der Waals surface area contributed by atoms with Gasteiger partial charge in [0.15, 0.2) is 0 Å². The van der Waals surface area contributed by atoms with Crippen molar-refractivity contribution in [1.82, 2.24) is 0 Å². The molecule has 0 radical (unpaired) electrons. The number of esters is 1. The highest BCUT2D eigenvalue weighted by molar-refractivity contribution is 5.87. The first-order chi connectivity index (χ1) is 20.1. The van der Waals surface area contributed by atoms with Crippen LogP contribution < -0.4 is 0 Å². The second-order valence-electron chi connectivity index (χ2n) is 13.4. The van der Waals surface area contributed by atoms with Crippen LogP contribution in [0.1, 0.15) is 180 Å². The Kier molecular flexibility index (Phi) is 17.6. The predicted molar refractivity (Wildman–Crippen MR) is 168 cm³/mol. The van der Waals surface area contributed by atoms with E-state index >= 15 is 0 Å². The van der Waals surface area contributed by atoms with E-state index in [1.165, 1.54) is 109 Å². The van der Waals surface area contributed by atoms with Crippen molar-refractivity contribution >= 4 is 5.97 Å². The van der Waals surface area contributed by atoms with E-state index in [2.05, 4.69) is 6.58 Å². The monoisotopic (exact) mass is 576 g/mol. The number of ether oxygens (including phenoxy) is 4. The van der Waals surface area contributed by atoms with Crippen molar-refractivity contribution in [2.45, 2.75) is 205 Å². The summed E-state index contributed by atoms with van der Waals surface area (Å²) in [6.45, 7) is 5.75. The molecule has 3 aliphatic rings. The summed E-state index contributed by atoms with van der Waals surface area (Å²) in [5, 5.41) is 0. The second-order valence-corrected chi connectivity index (χ2v) is 13.4. The molecule has 5 heteroatoms. The summed E-state index contributed by atoms with van der Waals surface area (Å²) in [5.41, 5.74) is 0.372. The molecule has 0 saturated heterocycles. The lowest BCUT2D eigenvalue weighted by atomic mass is 9.98. The zero-order valence-electron chi connectivity index (χ0n) is 26.8. The highest BCUT2D eigenvalue weighted by Crippen LogP contribution is 2.32. The summed E-state index contributed by atoms with van der Waals surface area (Å²) in [6, 6.07) is 0. The minimum atomic E-state index is -1.52. The maximum absolute atomic E-state index is 13.2. The van der Waals surface area contributed by atoms with E-state index in [9.17, 15) is 4.79 Å². The number of hydrogen-bond donors (Lipinski definition) is 0. The molecule has 0 heterocycles. The van der Waals surface area contributed by atoms with Gasteiger partial charge in [-0.2, -0.15) is 0 Å². The minimum absolute atomic E-state index is 0.00167. The van der Waals surface area contributed by atoms with E-state index in [0.717, 1.165) is 64.2 Å². The molecule has 0 aliphatic heterocycles. The molecule has 0 N–H and O–H groups in total. The van der Waals surface area contributed by atoms with Gasteiger partial charge in [-0.25, -0.2) is 4.79 Å². The molecule has 238 valence electrons. The lowest BCUT2D eigenvalue weighted by molar-refractivity contribution is -0.405. The highest BCUT2D eigenvalue weighted by Gasteiger charge is 2.43. The molecule has 3 aliphatic carbocycles. The molecule has 0 aromatic rings. The molecule has 0 atom stereocenters. The first-order valence-corrected chi connectivity index (χ1v) is 17.9. The summed E-state index contributed by atoms with van der Waals surface area (Å²) in [7, 11) is 0. The molecule has 0 aromatic heterocycles. The van der Waals surface area contributed by atoms with Crippen LogP contribution in [0.4, 0.5) is 0 Å². The third-order valence-electron chi connectivity index (χ3n) is 9.44. The number of hydrogen-bond acceptors (Lipinski definition) is 5. The topological polar surface area (TPSA) is 54.0 Å². The first kappa shape index (κ1) is 34.6. The van der Waals surface area contributed by atoms with Crippen LogP contribution in [0.5, 0.6) is 0 Å². The number of carbonyl (C=O) groups excluding carboxylic acids is 1. The Morgan fingerprint density at radius 3 is 1.15 bits per heavy atom. The summed E-state index contributed by atoms with van der Waals surface area (Å²) < 4.78 is 26.8. The number of carbonyl (C=O) groups is 1. The Balaban J connectivity index is 1.82. The Morgan fingerprint density at radius 1 is 0.537 bits per heavy atom. The molecular weight excluding hydrogens is 512 g/mol. The van der Waals surface area contributed by atoms with Gasteiger partial charge in [-0.1, -0.05) is 141 Å². The van der Waals surface area contributed by atoms with E-state index in [0.29, 0.717) is 5.57 Å². The van der Waals surface area contributed by atoms with Crippen molar-refractivity contribution in [3.63, 3.8) is 0 Å². The summed E-state index contributed by atoms with van der Waals surface area (Å²) in [6.07, 6.45) is 32.5. The van der Waals surface area contributed by atoms with Gasteiger partial charge in [0.05, 0.1) is 18.3 Å². The molecular formula is C36H64O5. The molecule has 0 amide bonds. The Labute approximate surface area is 252 Å². The van der Waals surface area contributed by atoms with Crippen molar-refractivity contribution in [3.05, 3.63) is 12.2 Å². The fourth-order valence-corrected chi connectivity index (χ4v) is 6.85. The maximum atomic E-state index is 13.2. The van der Waals surface area contributed by atoms with E-state index in [1.54, 1.807) is 6.92 Å². The molecule has 0 spiro atoms. The van der Waals surface area contributed by atoms with Gasteiger partial charge in [0.1, 0.15) is 6.61 Å². The van der Waals surface area contributed by atoms with Crippen LogP contribution in [0, 0.1) is 0 Å². The van der Waals surface area contributed by atoms with Crippen LogP contribution in [0.15, 0.2) is 12.2 Å². The van der Waals surface area contributed by atoms with Gasteiger partial charge in [-0.3, -0.25) is 0 Å². The van der Waals surface area contributed by atoms with Gasteiger partial charge in [-0.05, 0) is 45.4 Å². The number of rotatable bonds is 9. The predicted octanol–water partition coefficient (Wildman–Crippen LogP) is 10.5. The normalized spacial score (nSPS) is 23.3. The molecule has 0 unspecified atom stereocenters. The maximum Gasteiger partial charge on any atom is 0.354 e. The van der Waals surface area contributed by atoms with E-state index < -0.39 is 11.9 Å². The van der Waals surface area contributed by atoms with Gasteiger partial charge in [0.2, 0.25) is 0 Å². The van der Waals surface area contributed by atoms with Crippen LogP contribution in [0.25, 0.3) is 0 Å². The zero-order valence-corrected chi connectivity index (χ0v) is 26.8. The van der Waals surface area contributed by atoms with Crippen molar-refractivity contribution in [3.8, 4) is 0 Å². The summed E-state index contributed by atoms with van der Waals surface area (Å²) in [5.74, 6) is -1.96. The van der Waals surface area contributed by atoms with Crippen molar-refractivity contribution in [2.75, 3.05) is 6.61 Å². The zero-order chi connectivity index (χ0) is 29.0. The molecule has 3 saturated carbocycles. The van der Waals surface area contributed by atoms with Crippen LogP contribution in [0.3, 0.4) is 0 Å². The van der Waals surface area contributed by atoms with Gasteiger partial charge < -0.3 is 18.9 Å².